The minimum Gasteiger partial charge on any atom is -0.481 e. The average molecular weight is 323 g/mol. The zero-order valence-corrected chi connectivity index (χ0v) is 13.1. The maximum absolute atomic E-state index is 12.2. The predicted octanol–water partition coefficient (Wildman–Crippen LogP) is 3.21. The molecule has 112 valence electrons. The summed E-state index contributed by atoms with van der Waals surface area (Å²) in [6.45, 7) is 0. The van der Waals surface area contributed by atoms with Gasteiger partial charge in [-0.25, -0.2) is 0 Å². The number of carboxylic acids is 1. The lowest BCUT2D eigenvalue weighted by atomic mass is 9.73. The molecule has 2 unspecified atom stereocenters. The molecule has 1 aliphatic carbocycles. The van der Waals surface area contributed by atoms with Crippen molar-refractivity contribution in [3.8, 4) is 0 Å². The van der Waals surface area contributed by atoms with Crippen molar-refractivity contribution in [1.29, 1.82) is 0 Å². The van der Waals surface area contributed by atoms with Gasteiger partial charge in [0, 0.05) is 17.2 Å². The fourth-order valence-corrected chi connectivity index (χ4v) is 5.50. The van der Waals surface area contributed by atoms with E-state index in [4.69, 9.17) is 5.11 Å². The Bertz CT molecular complexity index is 558. The Balaban J connectivity index is 1.66. The summed E-state index contributed by atoms with van der Waals surface area (Å²) in [6.07, 6.45) is 1.26. The molecule has 2 fully saturated rings. The molecule has 1 aromatic rings. The molecule has 4 nitrogen and oxygen atoms in total. The Morgan fingerprint density at radius 2 is 1.86 bits per heavy atom. The first-order valence-corrected chi connectivity index (χ1v) is 9.12. The number of carbonyl (C=O) groups is 2. The Morgan fingerprint density at radius 3 is 2.48 bits per heavy atom. The third-order valence-corrected chi connectivity index (χ3v) is 7.08. The third kappa shape index (κ3) is 3.21. The Kier molecular flexibility index (Phi) is 4.45. The van der Waals surface area contributed by atoms with Gasteiger partial charge in [-0.2, -0.15) is 0 Å². The van der Waals surface area contributed by atoms with Crippen LogP contribution in [0.3, 0.4) is 0 Å². The number of carboxylic acid groups (broad SMARTS) is 1. The van der Waals surface area contributed by atoms with Crippen molar-refractivity contribution in [3.63, 3.8) is 0 Å². The molecule has 1 aromatic carbocycles. The number of nitrogens with one attached hydrogen (secondary N) is 1. The second kappa shape index (κ2) is 6.32. The number of benzene rings is 1. The van der Waals surface area contributed by atoms with Crippen LogP contribution in [0.1, 0.15) is 23.0 Å². The van der Waals surface area contributed by atoms with Crippen LogP contribution < -0.4 is 5.32 Å². The van der Waals surface area contributed by atoms with Gasteiger partial charge in [0.25, 0.3) is 0 Å². The van der Waals surface area contributed by atoms with Crippen LogP contribution in [0, 0.1) is 11.8 Å². The van der Waals surface area contributed by atoms with Gasteiger partial charge in [-0.3, -0.25) is 9.59 Å². The molecule has 1 aliphatic heterocycles. The van der Waals surface area contributed by atoms with Gasteiger partial charge >= 0.3 is 5.97 Å². The first-order chi connectivity index (χ1) is 10.1. The highest BCUT2D eigenvalue weighted by Gasteiger charge is 2.41. The molecule has 1 saturated carbocycles. The number of carbonyl (C=O) groups excluding carboxylic acids is 1. The van der Waals surface area contributed by atoms with Gasteiger partial charge in [-0.05, 0) is 30.5 Å². The number of hydrogen-bond acceptors (Lipinski definition) is 4. The molecular formula is C15H17NO3S2. The van der Waals surface area contributed by atoms with E-state index in [1.165, 1.54) is 5.56 Å². The maximum atomic E-state index is 12.2. The number of anilines is 1. The van der Waals surface area contributed by atoms with E-state index in [0.29, 0.717) is 17.4 Å². The van der Waals surface area contributed by atoms with Crippen molar-refractivity contribution in [2.45, 2.75) is 17.4 Å². The van der Waals surface area contributed by atoms with Crippen LogP contribution in [0.2, 0.25) is 0 Å². The molecule has 0 radical (unpaired) electrons. The van der Waals surface area contributed by atoms with Gasteiger partial charge in [0.2, 0.25) is 5.91 Å². The van der Waals surface area contributed by atoms with Gasteiger partial charge in [0.05, 0.1) is 16.4 Å². The quantitative estimate of drug-likeness (QED) is 0.890. The number of amides is 1. The monoisotopic (exact) mass is 323 g/mol. The number of rotatable bonds is 4. The zero-order valence-electron chi connectivity index (χ0n) is 11.5. The molecule has 6 heteroatoms. The zero-order chi connectivity index (χ0) is 14.8. The average Bonchev–Trinajstić information content (AvgIpc) is 2.90. The normalized spacial score (nSPS) is 25.3. The summed E-state index contributed by atoms with van der Waals surface area (Å²) in [5.41, 5.74) is 1.98. The van der Waals surface area contributed by atoms with Crippen molar-refractivity contribution in [3.05, 3.63) is 29.8 Å². The van der Waals surface area contributed by atoms with Crippen molar-refractivity contribution in [2.75, 3.05) is 16.8 Å². The first-order valence-electron chi connectivity index (χ1n) is 7.02. The van der Waals surface area contributed by atoms with E-state index in [1.807, 2.05) is 41.7 Å². The van der Waals surface area contributed by atoms with E-state index in [9.17, 15) is 9.59 Å². The number of aliphatic carboxylic acids is 1. The lowest BCUT2D eigenvalue weighted by Crippen LogP contribution is -2.41. The summed E-state index contributed by atoms with van der Waals surface area (Å²) >= 11 is 3.84. The molecule has 0 spiro atoms. The Labute approximate surface area is 132 Å². The summed E-state index contributed by atoms with van der Waals surface area (Å²) in [7, 11) is 0. The second-order valence-corrected chi connectivity index (χ2v) is 8.04. The fraction of sp³-hybridized carbons (Fsp3) is 0.467. The Hall–Kier alpha value is -1.14. The van der Waals surface area contributed by atoms with Crippen LogP contribution >= 0.6 is 23.5 Å². The summed E-state index contributed by atoms with van der Waals surface area (Å²) in [4.78, 5) is 23.1. The Morgan fingerprint density at radius 1 is 1.14 bits per heavy atom. The highest BCUT2D eigenvalue weighted by Crippen LogP contribution is 2.45. The molecule has 21 heavy (non-hydrogen) atoms. The van der Waals surface area contributed by atoms with Gasteiger partial charge in [-0.1, -0.05) is 12.1 Å². The topological polar surface area (TPSA) is 66.4 Å². The summed E-state index contributed by atoms with van der Waals surface area (Å²) in [6, 6.07) is 7.89. The van der Waals surface area contributed by atoms with Crippen LogP contribution in [0.5, 0.6) is 0 Å². The van der Waals surface area contributed by atoms with Crippen molar-refractivity contribution in [2.24, 2.45) is 11.8 Å². The standard InChI is InChI=1S/C15H17NO3S2/c17-13(11-4-5-12(11)14(18)19)16-10-3-1-2-9(8-10)15-20-6-7-21-15/h1-3,8,11-12,15H,4-7H2,(H,16,17)(H,18,19). The molecule has 1 saturated heterocycles. The fourth-order valence-electron chi connectivity index (χ4n) is 2.66. The maximum Gasteiger partial charge on any atom is 0.307 e. The van der Waals surface area contributed by atoms with Crippen LogP contribution in [-0.2, 0) is 9.59 Å². The molecule has 2 N–H and O–H groups in total. The number of thioether (sulfide) groups is 2. The molecule has 2 atom stereocenters. The van der Waals surface area contributed by atoms with E-state index >= 15 is 0 Å². The van der Waals surface area contributed by atoms with Gasteiger partial charge in [0.15, 0.2) is 0 Å². The van der Waals surface area contributed by atoms with E-state index in [-0.39, 0.29) is 11.8 Å². The minimum absolute atomic E-state index is 0.169. The predicted molar refractivity (Wildman–Crippen MR) is 86.6 cm³/mol. The molecule has 1 amide bonds. The smallest absolute Gasteiger partial charge is 0.307 e. The lowest BCUT2D eigenvalue weighted by molar-refractivity contribution is -0.151. The van der Waals surface area contributed by atoms with E-state index in [2.05, 4.69) is 11.4 Å². The summed E-state index contributed by atoms with van der Waals surface area (Å²) in [5.74, 6) is 0.379. The lowest BCUT2D eigenvalue weighted by Gasteiger charge is -2.31. The van der Waals surface area contributed by atoms with Gasteiger partial charge in [-0.15, -0.1) is 23.5 Å². The first kappa shape index (κ1) is 14.8. The SMILES string of the molecule is O=C(O)C1CCC1C(=O)Nc1cccc(C2SCCS2)c1. The minimum atomic E-state index is -0.867. The van der Waals surface area contributed by atoms with Gasteiger partial charge in [0.1, 0.15) is 0 Å². The largest absolute Gasteiger partial charge is 0.481 e. The van der Waals surface area contributed by atoms with Crippen molar-refractivity contribution in [1.82, 2.24) is 0 Å². The number of hydrogen-bond donors (Lipinski definition) is 2. The van der Waals surface area contributed by atoms with Crippen LogP contribution in [-0.4, -0.2) is 28.5 Å². The van der Waals surface area contributed by atoms with Crippen LogP contribution in [0.15, 0.2) is 24.3 Å². The molecule has 2 aliphatic rings. The van der Waals surface area contributed by atoms with Crippen molar-refractivity contribution < 1.29 is 14.7 Å². The van der Waals surface area contributed by atoms with Crippen LogP contribution in [0.25, 0.3) is 0 Å². The van der Waals surface area contributed by atoms with E-state index in [0.717, 1.165) is 17.2 Å². The highest BCUT2D eigenvalue weighted by molar-refractivity contribution is 8.19. The van der Waals surface area contributed by atoms with E-state index < -0.39 is 11.9 Å². The molecular weight excluding hydrogens is 306 g/mol. The molecule has 0 aromatic heterocycles. The summed E-state index contributed by atoms with van der Waals surface area (Å²) in [5, 5.41) is 11.9. The second-order valence-electron chi connectivity index (χ2n) is 5.32. The van der Waals surface area contributed by atoms with Crippen molar-refractivity contribution >= 4 is 41.1 Å². The third-order valence-electron chi connectivity index (χ3n) is 3.98. The highest BCUT2D eigenvalue weighted by atomic mass is 32.2. The molecule has 3 rings (SSSR count). The van der Waals surface area contributed by atoms with E-state index in [1.54, 1.807) is 0 Å². The molecule has 1 heterocycles. The molecule has 0 bridgehead atoms. The van der Waals surface area contributed by atoms with Crippen LogP contribution in [0.4, 0.5) is 5.69 Å². The summed E-state index contributed by atoms with van der Waals surface area (Å²) < 4.78 is 0.442. The van der Waals surface area contributed by atoms with Gasteiger partial charge < -0.3 is 10.4 Å².